The quantitative estimate of drug-likeness (QED) is 0.333. The highest BCUT2D eigenvalue weighted by molar-refractivity contribution is 6.48. The molecule has 0 saturated carbocycles. The van der Waals surface area contributed by atoms with Crippen molar-refractivity contribution in [3.05, 3.63) is 67.8 Å². The van der Waals surface area contributed by atoms with E-state index in [4.69, 9.17) is 39.5 Å². The third-order valence-electron chi connectivity index (χ3n) is 4.56. The lowest BCUT2D eigenvalue weighted by Crippen LogP contribution is -2.38. The summed E-state index contributed by atoms with van der Waals surface area (Å²) in [5, 5.41) is 1.95. The SMILES string of the molecule is COC(=O)c1cc2cc(C(=O)NC(c3cc(Cl)c(Cl)c(Cl)c3)C(F)(F)F)[nH]c2cc1C. The molecule has 2 N–H and O–H groups in total. The Morgan fingerprint density at radius 2 is 1.68 bits per heavy atom. The van der Waals surface area contributed by atoms with Gasteiger partial charge in [-0.05, 0) is 48.4 Å². The van der Waals surface area contributed by atoms with Crippen molar-refractivity contribution < 1.29 is 27.5 Å². The molecule has 0 saturated heterocycles. The number of alkyl halides is 3. The minimum Gasteiger partial charge on any atom is -0.465 e. The van der Waals surface area contributed by atoms with Crippen LogP contribution in [0.25, 0.3) is 10.9 Å². The second-order valence-corrected chi connectivity index (χ2v) is 7.87. The van der Waals surface area contributed by atoms with Crippen LogP contribution < -0.4 is 5.32 Å². The highest BCUT2D eigenvalue weighted by atomic mass is 35.5. The highest BCUT2D eigenvalue weighted by Gasteiger charge is 2.42. The molecule has 2 aromatic carbocycles. The molecule has 5 nitrogen and oxygen atoms in total. The number of benzene rings is 2. The van der Waals surface area contributed by atoms with E-state index in [-0.39, 0.29) is 31.9 Å². The number of methoxy groups -OCH3 is 1. The predicted octanol–water partition coefficient (Wildman–Crippen LogP) is 6.26. The number of aromatic amines is 1. The van der Waals surface area contributed by atoms with Crippen LogP contribution in [0.3, 0.4) is 0 Å². The largest absolute Gasteiger partial charge is 0.465 e. The van der Waals surface area contributed by atoms with Crippen LogP contribution in [0.5, 0.6) is 0 Å². The molecule has 164 valence electrons. The smallest absolute Gasteiger partial charge is 0.412 e. The van der Waals surface area contributed by atoms with Crippen LogP contribution in [0.2, 0.25) is 15.1 Å². The van der Waals surface area contributed by atoms with E-state index in [1.807, 2.05) is 5.32 Å². The molecule has 0 fully saturated rings. The van der Waals surface area contributed by atoms with Crippen molar-refractivity contribution in [3.63, 3.8) is 0 Å². The standard InChI is InChI=1S/C20H14Cl3F3N2O3/c1-8-3-14-9(4-11(8)19(30)31-2)7-15(27-14)18(29)28-17(20(24,25)26)10-5-12(21)16(23)13(22)6-10/h3-7,17,27H,1-2H3,(H,28,29). The second kappa shape index (κ2) is 8.61. The lowest BCUT2D eigenvalue weighted by atomic mass is 10.1. The molecule has 31 heavy (non-hydrogen) atoms. The van der Waals surface area contributed by atoms with Gasteiger partial charge in [0.2, 0.25) is 0 Å². The molecule has 1 amide bonds. The molecule has 0 aliphatic carbocycles. The molecule has 0 spiro atoms. The Kier molecular flexibility index (Phi) is 6.45. The summed E-state index contributed by atoms with van der Waals surface area (Å²) >= 11 is 17.5. The van der Waals surface area contributed by atoms with E-state index in [9.17, 15) is 22.8 Å². The molecule has 1 heterocycles. The number of amides is 1. The summed E-state index contributed by atoms with van der Waals surface area (Å²) in [5.74, 6) is -1.58. The van der Waals surface area contributed by atoms with Crippen molar-refractivity contribution in [3.8, 4) is 0 Å². The van der Waals surface area contributed by atoms with Crippen molar-refractivity contribution >= 4 is 57.6 Å². The fraction of sp³-hybridized carbons (Fsp3) is 0.200. The third kappa shape index (κ3) is 4.76. The van der Waals surface area contributed by atoms with E-state index in [1.54, 1.807) is 13.0 Å². The van der Waals surface area contributed by atoms with Gasteiger partial charge in [-0.1, -0.05) is 34.8 Å². The molecule has 0 aliphatic rings. The number of fused-ring (bicyclic) bond motifs is 1. The lowest BCUT2D eigenvalue weighted by Gasteiger charge is -2.22. The van der Waals surface area contributed by atoms with Gasteiger partial charge in [0.05, 0.1) is 27.7 Å². The summed E-state index contributed by atoms with van der Waals surface area (Å²) in [4.78, 5) is 27.2. The van der Waals surface area contributed by atoms with E-state index >= 15 is 0 Å². The summed E-state index contributed by atoms with van der Waals surface area (Å²) in [6.45, 7) is 1.67. The normalized spacial score (nSPS) is 12.6. The van der Waals surface area contributed by atoms with Gasteiger partial charge >= 0.3 is 12.1 Å². The number of H-pyrrole nitrogens is 1. The molecule has 11 heteroatoms. The molecule has 0 radical (unpaired) electrons. The van der Waals surface area contributed by atoms with Gasteiger partial charge in [0.1, 0.15) is 5.69 Å². The number of aryl methyl sites for hydroxylation is 1. The number of nitrogens with one attached hydrogen (secondary N) is 2. The number of hydrogen-bond acceptors (Lipinski definition) is 3. The number of carbonyl (C=O) groups is 2. The van der Waals surface area contributed by atoms with Gasteiger partial charge in [-0.15, -0.1) is 0 Å². The third-order valence-corrected chi connectivity index (χ3v) is 5.75. The number of rotatable bonds is 4. The van der Waals surface area contributed by atoms with Crippen LogP contribution >= 0.6 is 34.8 Å². The average Bonchev–Trinajstić information content (AvgIpc) is 3.10. The lowest BCUT2D eigenvalue weighted by molar-refractivity contribution is -0.155. The number of hydrogen-bond donors (Lipinski definition) is 2. The molecular formula is C20H14Cl3F3N2O3. The van der Waals surface area contributed by atoms with Crippen molar-refractivity contribution in [1.82, 2.24) is 10.3 Å². The van der Waals surface area contributed by atoms with Gasteiger partial charge in [-0.3, -0.25) is 4.79 Å². The van der Waals surface area contributed by atoms with E-state index in [0.29, 0.717) is 16.5 Å². The maximum Gasteiger partial charge on any atom is 0.412 e. The minimum atomic E-state index is -4.84. The van der Waals surface area contributed by atoms with Crippen LogP contribution in [0.15, 0.2) is 30.3 Å². The van der Waals surface area contributed by atoms with Crippen molar-refractivity contribution in [1.29, 1.82) is 0 Å². The Balaban J connectivity index is 1.97. The monoisotopic (exact) mass is 492 g/mol. The van der Waals surface area contributed by atoms with Gasteiger partial charge < -0.3 is 15.0 Å². The van der Waals surface area contributed by atoms with Crippen LogP contribution in [-0.4, -0.2) is 30.1 Å². The fourth-order valence-electron chi connectivity index (χ4n) is 3.05. The highest BCUT2D eigenvalue weighted by Crippen LogP contribution is 2.38. The fourth-order valence-corrected chi connectivity index (χ4v) is 3.66. The second-order valence-electron chi connectivity index (χ2n) is 6.68. The number of carbonyl (C=O) groups excluding carboxylic acids is 2. The number of halogens is 6. The van der Waals surface area contributed by atoms with Crippen molar-refractivity contribution in [2.75, 3.05) is 7.11 Å². The Morgan fingerprint density at radius 1 is 1.06 bits per heavy atom. The number of aromatic nitrogens is 1. The predicted molar refractivity (Wildman–Crippen MR) is 112 cm³/mol. The average molecular weight is 494 g/mol. The zero-order valence-corrected chi connectivity index (χ0v) is 18.2. The van der Waals surface area contributed by atoms with E-state index in [0.717, 1.165) is 12.1 Å². The summed E-state index contributed by atoms with van der Waals surface area (Å²) < 4.78 is 45.8. The number of ether oxygens (including phenoxy) is 1. The van der Waals surface area contributed by atoms with E-state index in [1.165, 1.54) is 19.2 Å². The summed E-state index contributed by atoms with van der Waals surface area (Å²) in [5.41, 5.74) is 0.819. The topological polar surface area (TPSA) is 71.2 Å². The Labute approximate surface area is 189 Å². The van der Waals surface area contributed by atoms with Crippen LogP contribution in [0.1, 0.15) is 38.0 Å². The molecule has 1 atom stereocenters. The van der Waals surface area contributed by atoms with E-state index < -0.39 is 24.1 Å². The van der Waals surface area contributed by atoms with Crippen LogP contribution in [0, 0.1) is 6.92 Å². The first kappa shape index (κ1) is 23.2. The molecule has 1 unspecified atom stereocenters. The maximum absolute atomic E-state index is 13.7. The molecule has 0 bridgehead atoms. The first-order valence-corrected chi connectivity index (χ1v) is 9.79. The van der Waals surface area contributed by atoms with Gasteiger partial charge in [-0.25, -0.2) is 4.79 Å². The zero-order valence-electron chi connectivity index (χ0n) is 16.0. The van der Waals surface area contributed by atoms with Crippen LogP contribution in [-0.2, 0) is 4.74 Å². The first-order chi connectivity index (χ1) is 14.4. The van der Waals surface area contributed by atoms with Gasteiger partial charge in [-0.2, -0.15) is 13.2 Å². The number of esters is 1. The van der Waals surface area contributed by atoms with E-state index in [2.05, 4.69) is 4.98 Å². The zero-order chi connectivity index (χ0) is 23.1. The molecule has 3 aromatic rings. The Hall–Kier alpha value is -2.42. The van der Waals surface area contributed by atoms with Gasteiger partial charge in [0, 0.05) is 10.9 Å². The molecule has 1 aromatic heterocycles. The van der Waals surface area contributed by atoms with Gasteiger partial charge in [0.15, 0.2) is 6.04 Å². The molecular weight excluding hydrogens is 480 g/mol. The first-order valence-electron chi connectivity index (χ1n) is 8.66. The maximum atomic E-state index is 13.7. The van der Waals surface area contributed by atoms with Crippen molar-refractivity contribution in [2.24, 2.45) is 0 Å². The summed E-state index contributed by atoms with van der Waals surface area (Å²) in [7, 11) is 1.23. The summed E-state index contributed by atoms with van der Waals surface area (Å²) in [6.07, 6.45) is -4.84. The Morgan fingerprint density at radius 3 is 2.23 bits per heavy atom. The molecule has 3 rings (SSSR count). The summed E-state index contributed by atoms with van der Waals surface area (Å²) in [6, 6.07) is 4.02. The van der Waals surface area contributed by atoms with Crippen molar-refractivity contribution in [2.45, 2.75) is 19.1 Å². The minimum absolute atomic E-state index is 0.0910. The van der Waals surface area contributed by atoms with Gasteiger partial charge in [0.25, 0.3) is 5.91 Å². The van der Waals surface area contributed by atoms with Crippen LogP contribution in [0.4, 0.5) is 13.2 Å². The molecule has 0 aliphatic heterocycles. The Bertz CT molecular complexity index is 1170.